The van der Waals surface area contributed by atoms with Gasteiger partial charge in [0.05, 0.1) is 11.7 Å². The highest BCUT2D eigenvalue weighted by molar-refractivity contribution is 4.95. The van der Waals surface area contributed by atoms with Crippen LogP contribution in [0.5, 0.6) is 0 Å². The first kappa shape index (κ1) is 14.3. The highest BCUT2D eigenvalue weighted by Crippen LogP contribution is 2.29. The predicted molar refractivity (Wildman–Crippen MR) is 75.9 cm³/mol. The number of nitrogens with zero attached hydrogens (tertiary/aromatic N) is 2. The molecule has 2 saturated heterocycles. The minimum atomic E-state index is -0.0109. The molecule has 2 aliphatic heterocycles. The highest BCUT2D eigenvalue weighted by atomic mass is 16.5. The van der Waals surface area contributed by atoms with Gasteiger partial charge in [-0.3, -0.25) is 9.80 Å². The Hall–Kier alpha value is -0.120. The number of hydrogen-bond donors (Lipinski definition) is 0. The fraction of sp³-hybridized carbons (Fsp3) is 1.00. The topological polar surface area (TPSA) is 15.7 Å². The van der Waals surface area contributed by atoms with Gasteiger partial charge in [-0.1, -0.05) is 0 Å². The van der Waals surface area contributed by atoms with Crippen LogP contribution in [0.2, 0.25) is 0 Å². The zero-order valence-corrected chi connectivity index (χ0v) is 13.0. The Bertz CT molecular complexity index is 290. The molecule has 0 aromatic carbocycles. The molecule has 0 saturated carbocycles. The van der Waals surface area contributed by atoms with Crippen molar-refractivity contribution in [3.63, 3.8) is 0 Å². The molecule has 0 bridgehead atoms. The standard InChI is InChI=1S/C15H30N2O/c1-14(2,3)17-8-7-16-11-13(9-12(16)10-17)18-15(4,5)6/h12-13H,7-11H2,1-6H3/t12-,13-/m0/s1. The van der Waals surface area contributed by atoms with Crippen LogP contribution in [-0.2, 0) is 4.74 Å². The van der Waals surface area contributed by atoms with E-state index >= 15 is 0 Å². The summed E-state index contributed by atoms with van der Waals surface area (Å²) in [5.74, 6) is 0. The number of piperazine rings is 1. The third-order valence-electron chi connectivity index (χ3n) is 4.05. The van der Waals surface area contributed by atoms with Crippen LogP contribution in [0.15, 0.2) is 0 Å². The van der Waals surface area contributed by atoms with Crippen LogP contribution in [-0.4, -0.2) is 59.3 Å². The molecule has 18 heavy (non-hydrogen) atoms. The summed E-state index contributed by atoms with van der Waals surface area (Å²) in [5, 5.41) is 0. The second-order valence-electron chi connectivity index (χ2n) is 7.85. The van der Waals surface area contributed by atoms with E-state index in [9.17, 15) is 0 Å². The molecule has 0 amide bonds. The third kappa shape index (κ3) is 3.46. The maximum Gasteiger partial charge on any atom is 0.0724 e. The lowest BCUT2D eigenvalue weighted by atomic mass is 10.0. The molecule has 2 heterocycles. The van der Waals surface area contributed by atoms with E-state index < -0.39 is 0 Å². The Morgan fingerprint density at radius 1 is 0.944 bits per heavy atom. The van der Waals surface area contributed by atoms with Crippen LogP contribution >= 0.6 is 0 Å². The van der Waals surface area contributed by atoms with Crippen LogP contribution in [0.4, 0.5) is 0 Å². The molecule has 2 aliphatic rings. The Morgan fingerprint density at radius 2 is 1.61 bits per heavy atom. The van der Waals surface area contributed by atoms with E-state index in [1.807, 2.05) is 0 Å². The molecule has 0 spiro atoms. The maximum absolute atomic E-state index is 6.15. The fourth-order valence-corrected chi connectivity index (χ4v) is 3.19. The lowest BCUT2D eigenvalue weighted by molar-refractivity contribution is -0.0539. The number of hydrogen-bond acceptors (Lipinski definition) is 3. The zero-order valence-electron chi connectivity index (χ0n) is 13.0. The highest BCUT2D eigenvalue weighted by Gasteiger charge is 2.40. The van der Waals surface area contributed by atoms with Crippen molar-refractivity contribution in [1.82, 2.24) is 9.80 Å². The zero-order chi connectivity index (χ0) is 13.6. The Kier molecular flexibility index (Phi) is 3.79. The maximum atomic E-state index is 6.15. The Labute approximate surface area is 112 Å². The summed E-state index contributed by atoms with van der Waals surface area (Å²) in [5.41, 5.74) is 0.290. The first-order chi connectivity index (χ1) is 8.15. The minimum Gasteiger partial charge on any atom is -0.371 e. The monoisotopic (exact) mass is 254 g/mol. The molecule has 0 radical (unpaired) electrons. The Balaban J connectivity index is 1.91. The number of fused-ring (bicyclic) bond motifs is 1. The summed E-state index contributed by atoms with van der Waals surface area (Å²) in [6.45, 7) is 18.2. The van der Waals surface area contributed by atoms with E-state index in [1.54, 1.807) is 0 Å². The predicted octanol–water partition coefficient (Wildman–Crippen LogP) is 2.36. The SMILES string of the molecule is CC(C)(C)O[C@H]1C[C@H]2CN(C(C)(C)C)CCN2C1. The van der Waals surface area contributed by atoms with Gasteiger partial charge in [0, 0.05) is 37.8 Å². The van der Waals surface area contributed by atoms with Gasteiger partial charge < -0.3 is 4.74 Å². The van der Waals surface area contributed by atoms with E-state index in [0.29, 0.717) is 17.7 Å². The van der Waals surface area contributed by atoms with Gasteiger partial charge in [0.15, 0.2) is 0 Å². The van der Waals surface area contributed by atoms with E-state index in [4.69, 9.17) is 4.74 Å². The number of ether oxygens (including phenoxy) is 1. The van der Waals surface area contributed by atoms with Crippen molar-refractivity contribution >= 4 is 0 Å². The van der Waals surface area contributed by atoms with Crippen molar-refractivity contribution in [2.75, 3.05) is 26.2 Å². The second kappa shape index (κ2) is 4.77. The summed E-state index contributed by atoms with van der Waals surface area (Å²) in [6.07, 6.45) is 1.62. The molecule has 2 atom stereocenters. The largest absolute Gasteiger partial charge is 0.371 e. The molecule has 3 nitrogen and oxygen atoms in total. The molecule has 0 unspecified atom stereocenters. The molecular weight excluding hydrogens is 224 g/mol. The average Bonchev–Trinajstić information content (AvgIpc) is 2.53. The molecule has 3 heteroatoms. The lowest BCUT2D eigenvalue weighted by Crippen LogP contribution is -2.56. The van der Waals surface area contributed by atoms with Crippen molar-refractivity contribution in [3.05, 3.63) is 0 Å². The fourth-order valence-electron chi connectivity index (χ4n) is 3.19. The van der Waals surface area contributed by atoms with Gasteiger partial charge in [0.2, 0.25) is 0 Å². The van der Waals surface area contributed by atoms with Crippen molar-refractivity contribution in [1.29, 1.82) is 0 Å². The molecule has 2 fully saturated rings. The quantitative estimate of drug-likeness (QED) is 0.714. The molecule has 0 aromatic rings. The van der Waals surface area contributed by atoms with Gasteiger partial charge >= 0.3 is 0 Å². The van der Waals surface area contributed by atoms with Gasteiger partial charge in [-0.15, -0.1) is 0 Å². The van der Waals surface area contributed by atoms with Crippen molar-refractivity contribution in [2.45, 2.75) is 71.2 Å². The van der Waals surface area contributed by atoms with E-state index in [-0.39, 0.29) is 5.60 Å². The van der Waals surface area contributed by atoms with Gasteiger partial charge in [-0.25, -0.2) is 0 Å². The summed E-state index contributed by atoms with van der Waals surface area (Å²) in [6, 6.07) is 0.699. The second-order valence-corrected chi connectivity index (χ2v) is 7.85. The summed E-state index contributed by atoms with van der Waals surface area (Å²) >= 11 is 0. The summed E-state index contributed by atoms with van der Waals surface area (Å²) in [7, 11) is 0. The van der Waals surface area contributed by atoms with Gasteiger partial charge in [-0.05, 0) is 48.0 Å². The van der Waals surface area contributed by atoms with Crippen LogP contribution in [0.1, 0.15) is 48.0 Å². The normalized spacial score (nSPS) is 31.7. The van der Waals surface area contributed by atoms with Crippen LogP contribution in [0.25, 0.3) is 0 Å². The van der Waals surface area contributed by atoms with Crippen LogP contribution < -0.4 is 0 Å². The van der Waals surface area contributed by atoms with E-state index in [2.05, 4.69) is 51.3 Å². The first-order valence-electron chi connectivity index (χ1n) is 7.32. The van der Waals surface area contributed by atoms with Gasteiger partial charge in [-0.2, -0.15) is 0 Å². The first-order valence-corrected chi connectivity index (χ1v) is 7.32. The van der Waals surface area contributed by atoms with Crippen LogP contribution in [0.3, 0.4) is 0 Å². The van der Waals surface area contributed by atoms with E-state index in [1.165, 1.54) is 26.1 Å². The van der Waals surface area contributed by atoms with Crippen molar-refractivity contribution in [2.24, 2.45) is 0 Å². The minimum absolute atomic E-state index is 0.0109. The summed E-state index contributed by atoms with van der Waals surface area (Å²) < 4.78 is 6.15. The summed E-state index contributed by atoms with van der Waals surface area (Å²) in [4.78, 5) is 5.24. The molecular formula is C15H30N2O. The smallest absolute Gasteiger partial charge is 0.0724 e. The molecule has 0 aliphatic carbocycles. The van der Waals surface area contributed by atoms with Gasteiger partial charge in [0.25, 0.3) is 0 Å². The molecule has 0 aromatic heterocycles. The molecule has 0 N–H and O–H groups in total. The van der Waals surface area contributed by atoms with Crippen molar-refractivity contribution < 1.29 is 4.74 Å². The molecule has 2 rings (SSSR count). The van der Waals surface area contributed by atoms with Crippen LogP contribution in [0, 0.1) is 0 Å². The number of rotatable bonds is 1. The van der Waals surface area contributed by atoms with Gasteiger partial charge in [0.1, 0.15) is 0 Å². The van der Waals surface area contributed by atoms with E-state index in [0.717, 1.165) is 6.54 Å². The molecule has 106 valence electrons. The third-order valence-corrected chi connectivity index (χ3v) is 4.05. The Morgan fingerprint density at radius 3 is 2.17 bits per heavy atom. The lowest BCUT2D eigenvalue weighted by Gasteiger charge is -2.44. The van der Waals surface area contributed by atoms with Crippen molar-refractivity contribution in [3.8, 4) is 0 Å². The average molecular weight is 254 g/mol.